The van der Waals surface area contributed by atoms with Gasteiger partial charge in [-0.05, 0) is 54.8 Å². The van der Waals surface area contributed by atoms with Gasteiger partial charge in [-0.1, -0.05) is 24.3 Å². The third kappa shape index (κ3) is 7.71. The summed E-state index contributed by atoms with van der Waals surface area (Å²) in [6.07, 6.45) is 0.892. The molecule has 11 heteroatoms. The number of aryl methyl sites for hydroxylation is 1. The number of rotatable bonds is 14. The van der Waals surface area contributed by atoms with E-state index in [1.165, 1.54) is 11.2 Å². The quantitative estimate of drug-likeness (QED) is 0.314. The number of benzene rings is 2. The second-order valence-corrected chi connectivity index (χ2v) is 11.2. The van der Waals surface area contributed by atoms with Crippen molar-refractivity contribution in [1.82, 2.24) is 14.3 Å². The summed E-state index contributed by atoms with van der Waals surface area (Å²) in [5.41, 5.74) is 2.35. The molecule has 0 bridgehead atoms. The molecule has 1 heterocycles. The number of hydrogen-bond acceptors (Lipinski definition) is 9. The Morgan fingerprint density at radius 2 is 1.37 bits per heavy atom. The standard InChI is InChI=1S/C27H35N3O7S/c1-19-13-28-27(29-14-19)26(37-18-23(32)17-31)20(2)38(33,34)30(15-21-5-9-24(35-3)10-6-21)16-22-7-11-25(36-4)12-8-22/h5-14,20,23,26,31-32H,15-18H2,1-4H3/t20-,23-,26-/m0/s1. The molecule has 2 N–H and O–H groups in total. The lowest BCUT2D eigenvalue weighted by atomic mass is 10.2. The van der Waals surface area contributed by atoms with Crippen LogP contribution in [0.25, 0.3) is 0 Å². The topological polar surface area (TPSA) is 131 Å². The maximum absolute atomic E-state index is 14.1. The van der Waals surface area contributed by atoms with Crippen molar-refractivity contribution in [1.29, 1.82) is 0 Å². The molecule has 0 amide bonds. The number of aromatic nitrogens is 2. The molecule has 0 spiro atoms. The van der Waals surface area contributed by atoms with E-state index in [4.69, 9.17) is 14.2 Å². The number of methoxy groups -OCH3 is 2. The molecule has 0 aliphatic carbocycles. The lowest BCUT2D eigenvalue weighted by Gasteiger charge is -2.30. The van der Waals surface area contributed by atoms with E-state index < -0.39 is 34.1 Å². The first-order chi connectivity index (χ1) is 18.2. The van der Waals surface area contributed by atoms with Gasteiger partial charge in [-0.3, -0.25) is 0 Å². The van der Waals surface area contributed by atoms with Gasteiger partial charge in [0, 0.05) is 25.5 Å². The van der Waals surface area contributed by atoms with Crippen LogP contribution in [-0.2, 0) is 27.8 Å². The van der Waals surface area contributed by atoms with Crippen molar-refractivity contribution in [2.24, 2.45) is 0 Å². The van der Waals surface area contributed by atoms with Crippen molar-refractivity contribution in [3.05, 3.63) is 83.4 Å². The molecule has 38 heavy (non-hydrogen) atoms. The monoisotopic (exact) mass is 545 g/mol. The number of aliphatic hydroxyl groups excluding tert-OH is 2. The zero-order valence-electron chi connectivity index (χ0n) is 22.0. The molecule has 0 aliphatic rings. The van der Waals surface area contributed by atoms with Crippen LogP contribution >= 0.6 is 0 Å². The first kappa shape index (κ1) is 29.5. The highest BCUT2D eigenvalue weighted by Gasteiger charge is 2.38. The van der Waals surface area contributed by atoms with Crippen LogP contribution in [0.5, 0.6) is 11.5 Å². The molecule has 0 saturated heterocycles. The second-order valence-electron chi connectivity index (χ2n) is 8.92. The average molecular weight is 546 g/mol. The SMILES string of the molecule is COc1ccc(CN(Cc2ccc(OC)cc2)S(=O)(=O)[C@@H](C)[C@H](OC[C@@H](O)CO)c2ncc(C)cn2)cc1. The number of aliphatic hydroxyl groups is 2. The summed E-state index contributed by atoms with van der Waals surface area (Å²) >= 11 is 0. The van der Waals surface area contributed by atoms with Crippen molar-refractivity contribution in [3.63, 3.8) is 0 Å². The fraction of sp³-hybridized carbons (Fsp3) is 0.407. The molecule has 0 radical (unpaired) electrons. The maximum Gasteiger partial charge on any atom is 0.220 e. The Labute approximate surface area is 223 Å². The van der Waals surface area contributed by atoms with E-state index in [1.807, 2.05) is 31.2 Å². The number of hydrogen-bond donors (Lipinski definition) is 2. The van der Waals surface area contributed by atoms with Gasteiger partial charge >= 0.3 is 0 Å². The minimum atomic E-state index is -4.02. The normalized spacial score (nSPS) is 14.2. The highest BCUT2D eigenvalue weighted by Crippen LogP contribution is 2.29. The summed E-state index contributed by atoms with van der Waals surface area (Å²) in [7, 11) is -0.884. The van der Waals surface area contributed by atoms with Crippen molar-refractivity contribution in [3.8, 4) is 11.5 Å². The summed E-state index contributed by atoms with van der Waals surface area (Å²) < 4.78 is 45.9. The summed E-state index contributed by atoms with van der Waals surface area (Å²) in [4.78, 5) is 8.58. The summed E-state index contributed by atoms with van der Waals surface area (Å²) in [5, 5.41) is 18.0. The van der Waals surface area contributed by atoms with Crippen LogP contribution < -0.4 is 9.47 Å². The van der Waals surface area contributed by atoms with E-state index in [2.05, 4.69) is 9.97 Å². The van der Waals surface area contributed by atoms with Crippen LogP contribution in [0.4, 0.5) is 0 Å². The van der Waals surface area contributed by atoms with Gasteiger partial charge in [0.15, 0.2) is 5.82 Å². The smallest absolute Gasteiger partial charge is 0.220 e. The fourth-order valence-corrected chi connectivity index (χ4v) is 5.37. The lowest BCUT2D eigenvalue weighted by molar-refractivity contribution is -0.0329. The Kier molecular flexibility index (Phi) is 10.6. The maximum atomic E-state index is 14.1. The number of ether oxygens (including phenoxy) is 3. The molecule has 2 aromatic carbocycles. The highest BCUT2D eigenvalue weighted by atomic mass is 32.2. The third-order valence-electron chi connectivity index (χ3n) is 6.03. The van der Waals surface area contributed by atoms with Gasteiger partial charge in [0.2, 0.25) is 10.0 Å². The number of sulfonamides is 1. The Morgan fingerprint density at radius 1 is 0.895 bits per heavy atom. The minimum Gasteiger partial charge on any atom is -0.497 e. The largest absolute Gasteiger partial charge is 0.497 e. The molecular weight excluding hydrogens is 510 g/mol. The van der Waals surface area contributed by atoms with Gasteiger partial charge < -0.3 is 24.4 Å². The van der Waals surface area contributed by atoms with E-state index in [9.17, 15) is 18.6 Å². The van der Waals surface area contributed by atoms with Gasteiger partial charge in [0.05, 0.1) is 27.4 Å². The molecule has 0 fully saturated rings. The predicted octanol–water partition coefficient (Wildman–Crippen LogP) is 2.63. The van der Waals surface area contributed by atoms with E-state index in [0.29, 0.717) is 11.5 Å². The zero-order valence-corrected chi connectivity index (χ0v) is 22.8. The molecule has 0 saturated carbocycles. The van der Waals surface area contributed by atoms with Crippen molar-refractivity contribution in [2.75, 3.05) is 27.4 Å². The van der Waals surface area contributed by atoms with Crippen LogP contribution in [0.15, 0.2) is 60.9 Å². The Balaban J connectivity index is 1.97. The van der Waals surface area contributed by atoms with Crippen LogP contribution in [0, 0.1) is 6.92 Å². The van der Waals surface area contributed by atoms with Crippen molar-refractivity contribution >= 4 is 10.0 Å². The van der Waals surface area contributed by atoms with Crippen molar-refractivity contribution in [2.45, 2.75) is 44.4 Å². The molecule has 1 aromatic heterocycles. The van der Waals surface area contributed by atoms with Crippen LogP contribution in [0.3, 0.4) is 0 Å². The van der Waals surface area contributed by atoms with Gasteiger partial charge in [0.1, 0.15) is 29.0 Å². The lowest BCUT2D eigenvalue weighted by Crippen LogP contribution is -2.41. The molecule has 3 aromatic rings. The van der Waals surface area contributed by atoms with Crippen LogP contribution in [0.2, 0.25) is 0 Å². The molecule has 3 rings (SSSR count). The molecule has 206 valence electrons. The third-order valence-corrected chi connectivity index (χ3v) is 8.19. The minimum absolute atomic E-state index is 0.101. The van der Waals surface area contributed by atoms with E-state index >= 15 is 0 Å². The Morgan fingerprint density at radius 3 is 1.79 bits per heavy atom. The zero-order chi connectivity index (χ0) is 27.7. The van der Waals surface area contributed by atoms with Crippen molar-refractivity contribution < 1.29 is 32.8 Å². The Bertz CT molecular complexity index is 1190. The van der Waals surface area contributed by atoms with Gasteiger partial charge in [-0.15, -0.1) is 0 Å². The summed E-state index contributed by atoms with van der Waals surface area (Å²) in [5.74, 6) is 1.50. The highest BCUT2D eigenvalue weighted by molar-refractivity contribution is 7.89. The van der Waals surface area contributed by atoms with Crippen LogP contribution in [0.1, 0.15) is 35.5 Å². The molecule has 0 unspecified atom stereocenters. The van der Waals surface area contributed by atoms with Gasteiger partial charge in [-0.2, -0.15) is 4.31 Å². The fourth-order valence-electron chi connectivity index (χ4n) is 3.73. The second kappa shape index (κ2) is 13.6. The summed E-state index contributed by atoms with van der Waals surface area (Å²) in [6, 6.07) is 14.4. The van der Waals surface area contributed by atoms with E-state index in [1.54, 1.807) is 50.9 Å². The summed E-state index contributed by atoms with van der Waals surface area (Å²) in [6.45, 7) is 2.75. The molecule has 3 atom stereocenters. The average Bonchev–Trinajstić information content (AvgIpc) is 2.94. The molecule has 0 aliphatic heterocycles. The molecular formula is C27H35N3O7S. The molecule has 10 nitrogen and oxygen atoms in total. The van der Waals surface area contributed by atoms with E-state index in [-0.39, 0.29) is 25.5 Å². The van der Waals surface area contributed by atoms with Gasteiger partial charge in [-0.25, -0.2) is 18.4 Å². The number of nitrogens with zero attached hydrogens (tertiary/aromatic N) is 3. The van der Waals surface area contributed by atoms with E-state index in [0.717, 1.165) is 16.7 Å². The first-order valence-corrected chi connectivity index (χ1v) is 13.6. The Hall–Kier alpha value is -3.09. The van der Waals surface area contributed by atoms with Gasteiger partial charge in [0.25, 0.3) is 0 Å². The first-order valence-electron chi connectivity index (χ1n) is 12.1. The predicted molar refractivity (Wildman–Crippen MR) is 142 cm³/mol. The van der Waals surface area contributed by atoms with Crippen LogP contribution in [-0.4, -0.2) is 71.7 Å².